The molecule has 0 aliphatic carbocycles. The fourth-order valence-corrected chi connectivity index (χ4v) is 4.11. The van der Waals surface area contributed by atoms with Gasteiger partial charge < -0.3 is 9.80 Å². The summed E-state index contributed by atoms with van der Waals surface area (Å²) in [6.07, 6.45) is 0.356. The Morgan fingerprint density at radius 3 is 2.60 bits per heavy atom. The number of carbonyl (C=O) groups is 2. The topological polar surface area (TPSA) is 59.1 Å². The summed E-state index contributed by atoms with van der Waals surface area (Å²) >= 11 is 0. The second kappa shape index (κ2) is 5.96. The SMILES string of the molecule is CCN1C(=O)C2C(NC3N(c4ccc(F)cc4)CCCN23)N(C)C1=O. The van der Waals surface area contributed by atoms with E-state index in [4.69, 9.17) is 0 Å². The number of anilines is 1. The van der Waals surface area contributed by atoms with Gasteiger partial charge in [-0.05, 0) is 37.6 Å². The van der Waals surface area contributed by atoms with Crippen LogP contribution in [0.4, 0.5) is 14.9 Å². The molecule has 0 saturated carbocycles. The maximum atomic E-state index is 13.3. The monoisotopic (exact) mass is 347 g/mol. The first kappa shape index (κ1) is 16.3. The molecule has 3 aliphatic heterocycles. The summed E-state index contributed by atoms with van der Waals surface area (Å²) in [6, 6.07) is 5.71. The summed E-state index contributed by atoms with van der Waals surface area (Å²) in [5.74, 6) is -0.420. The van der Waals surface area contributed by atoms with Crippen LogP contribution in [-0.4, -0.2) is 71.8 Å². The molecule has 25 heavy (non-hydrogen) atoms. The first-order valence-corrected chi connectivity index (χ1v) is 8.65. The number of fused-ring (bicyclic) bond motifs is 3. The lowest BCUT2D eigenvalue weighted by Crippen LogP contribution is -2.66. The maximum absolute atomic E-state index is 13.3. The number of benzene rings is 1. The Morgan fingerprint density at radius 1 is 1.20 bits per heavy atom. The zero-order valence-corrected chi connectivity index (χ0v) is 14.4. The highest BCUT2D eigenvalue weighted by atomic mass is 19.1. The zero-order chi connectivity index (χ0) is 17.7. The molecule has 0 spiro atoms. The van der Waals surface area contributed by atoms with E-state index in [1.807, 2.05) is 6.92 Å². The number of halogens is 1. The standard InChI is InChI=1S/C17H22FN5O2/c1-3-21-15(24)13-14(20(2)17(21)25)19-16-22(9-4-10-23(13)16)12-7-5-11(18)6-8-12/h5-8,13-14,16,19H,3-4,9-10H2,1-2H3. The van der Waals surface area contributed by atoms with E-state index in [2.05, 4.69) is 15.1 Å². The molecule has 134 valence electrons. The van der Waals surface area contributed by atoms with Crippen molar-refractivity contribution in [3.8, 4) is 0 Å². The van der Waals surface area contributed by atoms with Gasteiger partial charge in [0.15, 0.2) is 0 Å². The van der Waals surface area contributed by atoms with Crippen LogP contribution in [0.2, 0.25) is 0 Å². The Balaban J connectivity index is 1.66. The molecular weight excluding hydrogens is 325 g/mol. The van der Waals surface area contributed by atoms with E-state index < -0.39 is 6.04 Å². The second-order valence-electron chi connectivity index (χ2n) is 6.67. The molecule has 0 aromatic heterocycles. The van der Waals surface area contributed by atoms with Gasteiger partial charge in [0.2, 0.25) is 0 Å². The van der Waals surface area contributed by atoms with Gasteiger partial charge in [-0.2, -0.15) is 0 Å². The van der Waals surface area contributed by atoms with Gasteiger partial charge in [-0.1, -0.05) is 0 Å². The van der Waals surface area contributed by atoms with Crippen molar-refractivity contribution in [3.63, 3.8) is 0 Å². The average molecular weight is 347 g/mol. The van der Waals surface area contributed by atoms with Crippen molar-refractivity contribution in [2.45, 2.75) is 31.8 Å². The third-order valence-electron chi connectivity index (χ3n) is 5.34. The van der Waals surface area contributed by atoms with Crippen molar-refractivity contribution >= 4 is 17.6 Å². The van der Waals surface area contributed by atoms with E-state index in [-0.39, 0.29) is 30.2 Å². The summed E-state index contributed by atoms with van der Waals surface area (Å²) in [5, 5.41) is 3.43. The molecule has 3 fully saturated rings. The Morgan fingerprint density at radius 2 is 1.92 bits per heavy atom. The van der Waals surface area contributed by atoms with Gasteiger partial charge in [-0.25, -0.2) is 9.18 Å². The predicted molar refractivity (Wildman–Crippen MR) is 90.1 cm³/mol. The molecule has 1 N–H and O–H groups in total. The number of likely N-dealkylation sites (N-methyl/N-ethyl adjacent to an activating group) is 2. The molecule has 1 aromatic carbocycles. The Hall–Kier alpha value is -2.19. The second-order valence-corrected chi connectivity index (χ2v) is 6.67. The van der Waals surface area contributed by atoms with E-state index >= 15 is 0 Å². The fraction of sp³-hybridized carbons (Fsp3) is 0.529. The summed E-state index contributed by atoms with van der Waals surface area (Å²) in [4.78, 5) is 32.4. The van der Waals surface area contributed by atoms with Crippen LogP contribution in [0, 0.1) is 5.82 Å². The minimum atomic E-state index is -0.393. The van der Waals surface area contributed by atoms with E-state index in [0.29, 0.717) is 6.54 Å². The number of urea groups is 1. The number of nitrogens with one attached hydrogen (secondary N) is 1. The third-order valence-corrected chi connectivity index (χ3v) is 5.34. The molecule has 7 nitrogen and oxygen atoms in total. The van der Waals surface area contributed by atoms with Gasteiger partial charge in [0.1, 0.15) is 24.3 Å². The zero-order valence-electron chi connectivity index (χ0n) is 14.4. The Labute approximate surface area is 146 Å². The molecule has 3 amide bonds. The van der Waals surface area contributed by atoms with Crippen LogP contribution in [0.5, 0.6) is 0 Å². The number of hydrogen-bond donors (Lipinski definition) is 1. The number of imide groups is 1. The lowest BCUT2D eigenvalue weighted by Gasteiger charge is -2.43. The predicted octanol–water partition coefficient (Wildman–Crippen LogP) is 0.833. The van der Waals surface area contributed by atoms with Gasteiger partial charge >= 0.3 is 6.03 Å². The van der Waals surface area contributed by atoms with Crippen LogP contribution >= 0.6 is 0 Å². The number of carbonyl (C=O) groups excluding carboxylic acids is 2. The number of rotatable bonds is 2. The van der Waals surface area contributed by atoms with Gasteiger partial charge in [-0.15, -0.1) is 0 Å². The normalized spacial score (nSPS) is 29.9. The Kier molecular flexibility index (Phi) is 3.88. The average Bonchev–Trinajstić information content (AvgIpc) is 3.01. The summed E-state index contributed by atoms with van der Waals surface area (Å²) in [7, 11) is 1.72. The van der Waals surface area contributed by atoms with Crippen LogP contribution in [0.25, 0.3) is 0 Å². The maximum Gasteiger partial charge on any atom is 0.327 e. The number of amides is 3. The quantitative estimate of drug-likeness (QED) is 0.859. The van der Waals surface area contributed by atoms with Crippen molar-refractivity contribution in [1.29, 1.82) is 0 Å². The first-order chi connectivity index (χ1) is 12.0. The van der Waals surface area contributed by atoms with Crippen molar-refractivity contribution in [2.24, 2.45) is 0 Å². The summed E-state index contributed by atoms with van der Waals surface area (Å²) < 4.78 is 13.3. The molecule has 0 bridgehead atoms. The van der Waals surface area contributed by atoms with Crippen LogP contribution in [0.15, 0.2) is 24.3 Å². The van der Waals surface area contributed by atoms with Crippen molar-refractivity contribution in [2.75, 3.05) is 31.6 Å². The highest BCUT2D eigenvalue weighted by Gasteiger charge is 2.55. The van der Waals surface area contributed by atoms with Crippen LogP contribution in [0.3, 0.4) is 0 Å². The van der Waals surface area contributed by atoms with E-state index in [1.54, 1.807) is 24.1 Å². The van der Waals surface area contributed by atoms with E-state index in [1.165, 1.54) is 17.0 Å². The van der Waals surface area contributed by atoms with E-state index in [0.717, 1.165) is 25.2 Å². The minimum Gasteiger partial charge on any atom is -0.343 e. The van der Waals surface area contributed by atoms with Crippen LogP contribution < -0.4 is 10.2 Å². The molecule has 4 rings (SSSR count). The van der Waals surface area contributed by atoms with Crippen molar-refractivity contribution < 1.29 is 14.0 Å². The Bertz CT molecular complexity index is 697. The summed E-state index contributed by atoms with van der Waals surface area (Å²) in [6.45, 7) is 3.76. The molecule has 1 aromatic rings. The van der Waals surface area contributed by atoms with Crippen molar-refractivity contribution in [1.82, 2.24) is 20.0 Å². The third kappa shape index (κ3) is 2.39. The molecule has 8 heteroatoms. The number of hydrogen-bond acceptors (Lipinski definition) is 5. The van der Waals surface area contributed by atoms with Gasteiger partial charge in [-0.3, -0.25) is 19.9 Å². The molecule has 3 heterocycles. The molecule has 3 unspecified atom stereocenters. The minimum absolute atomic E-state index is 0.147. The molecule has 3 aliphatic rings. The number of nitrogens with zero attached hydrogens (tertiary/aromatic N) is 4. The molecular formula is C17H22FN5O2. The molecule has 0 radical (unpaired) electrons. The largest absolute Gasteiger partial charge is 0.343 e. The smallest absolute Gasteiger partial charge is 0.327 e. The van der Waals surface area contributed by atoms with Crippen LogP contribution in [-0.2, 0) is 4.79 Å². The summed E-state index contributed by atoms with van der Waals surface area (Å²) in [5.41, 5.74) is 0.899. The lowest BCUT2D eigenvalue weighted by atomic mass is 10.1. The van der Waals surface area contributed by atoms with Gasteiger partial charge in [0, 0.05) is 32.4 Å². The highest BCUT2D eigenvalue weighted by Crippen LogP contribution is 2.32. The van der Waals surface area contributed by atoms with Crippen LogP contribution in [0.1, 0.15) is 13.3 Å². The van der Waals surface area contributed by atoms with E-state index in [9.17, 15) is 14.0 Å². The highest BCUT2D eigenvalue weighted by molar-refractivity contribution is 6.00. The van der Waals surface area contributed by atoms with Gasteiger partial charge in [0.25, 0.3) is 5.91 Å². The van der Waals surface area contributed by atoms with Gasteiger partial charge in [0.05, 0.1) is 0 Å². The fourth-order valence-electron chi connectivity index (χ4n) is 4.11. The molecule has 3 saturated heterocycles. The molecule has 3 atom stereocenters. The first-order valence-electron chi connectivity index (χ1n) is 8.65. The lowest BCUT2D eigenvalue weighted by molar-refractivity contribution is -0.138. The van der Waals surface area contributed by atoms with Crippen molar-refractivity contribution in [3.05, 3.63) is 30.1 Å².